The molecule has 4 aromatic carbocycles. The molecule has 0 saturated carbocycles. The molecule has 0 fully saturated rings. The molecule has 1 N–H and O–H groups in total. The molecule has 4 aromatic rings. The van der Waals surface area contributed by atoms with Gasteiger partial charge >= 0.3 is 5.97 Å². The molecule has 0 heterocycles. The number of aliphatic carboxylic acids is 1. The summed E-state index contributed by atoms with van der Waals surface area (Å²) in [7, 11) is 0. The molecule has 0 unspecified atom stereocenters. The first-order valence-corrected chi connectivity index (χ1v) is 10.6. The SMILES string of the molecule is Cc1cc(Oc2cccc(CC(=O)O)c2)cc(Oc2ccc(Cl)cc2Oc2ccccc2)c1. The number of carboxylic acids is 1. The van der Waals surface area contributed by atoms with Crippen LogP contribution < -0.4 is 14.2 Å². The van der Waals surface area contributed by atoms with Crippen molar-refractivity contribution in [3.05, 3.63) is 107 Å². The lowest BCUT2D eigenvalue weighted by Crippen LogP contribution is -1.99. The largest absolute Gasteiger partial charge is 0.481 e. The summed E-state index contributed by atoms with van der Waals surface area (Å²) in [5, 5.41) is 9.55. The number of carbonyl (C=O) groups is 1. The second-order valence-corrected chi connectivity index (χ2v) is 7.85. The summed E-state index contributed by atoms with van der Waals surface area (Å²) < 4.78 is 18.1. The molecule has 0 bridgehead atoms. The van der Waals surface area contributed by atoms with Crippen LogP contribution in [0.25, 0.3) is 0 Å². The lowest BCUT2D eigenvalue weighted by Gasteiger charge is -2.14. The molecule has 166 valence electrons. The Labute approximate surface area is 196 Å². The molecule has 0 aliphatic carbocycles. The summed E-state index contributed by atoms with van der Waals surface area (Å²) in [4.78, 5) is 11.0. The number of benzene rings is 4. The van der Waals surface area contributed by atoms with Crippen LogP contribution in [0.5, 0.6) is 34.5 Å². The first kappa shape index (κ1) is 22.2. The zero-order valence-electron chi connectivity index (χ0n) is 17.8. The molecule has 33 heavy (non-hydrogen) atoms. The van der Waals surface area contributed by atoms with Gasteiger partial charge in [0.25, 0.3) is 0 Å². The summed E-state index contributed by atoms with van der Waals surface area (Å²) in [5.74, 6) is 2.44. The van der Waals surface area contributed by atoms with Gasteiger partial charge in [-0.3, -0.25) is 4.79 Å². The Kier molecular flexibility index (Phi) is 6.81. The van der Waals surface area contributed by atoms with Crippen LogP contribution in [-0.4, -0.2) is 11.1 Å². The second-order valence-electron chi connectivity index (χ2n) is 7.41. The molecule has 0 saturated heterocycles. The van der Waals surface area contributed by atoms with Crippen molar-refractivity contribution >= 4 is 17.6 Å². The number of para-hydroxylation sites is 1. The van der Waals surface area contributed by atoms with Gasteiger partial charge in [0.05, 0.1) is 6.42 Å². The third-order valence-corrected chi connectivity index (χ3v) is 4.85. The minimum atomic E-state index is -0.894. The highest BCUT2D eigenvalue weighted by atomic mass is 35.5. The molecule has 0 spiro atoms. The maximum atomic E-state index is 11.0. The fraction of sp³-hybridized carbons (Fsp3) is 0.0741. The Hall–Kier alpha value is -3.96. The quantitative estimate of drug-likeness (QED) is 0.292. The van der Waals surface area contributed by atoms with E-state index in [1.54, 1.807) is 48.5 Å². The van der Waals surface area contributed by atoms with Crippen LogP contribution in [0.15, 0.2) is 91.0 Å². The number of halogens is 1. The fourth-order valence-corrected chi connectivity index (χ4v) is 3.41. The standard InChI is InChI=1S/C27H21ClO5/c1-18-12-23(31-22-9-5-6-19(14-22)15-27(29)30)17-24(13-18)33-25-11-10-20(28)16-26(25)32-21-7-3-2-4-8-21/h2-14,16-17H,15H2,1H3,(H,29,30). The Morgan fingerprint density at radius 2 is 1.42 bits per heavy atom. The van der Waals surface area contributed by atoms with E-state index in [9.17, 15) is 4.79 Å². The Morgan fingerprint density at radius 1 is 0.727 bits per heavy atom. The van der Waals surface area contributed by atoms with Gasteiger partial charge in [-0.1, -0.05) is 41.9 Å². The lowest BCUT2D eigenvalue weighted by molar-refractivity contribution is -0.136. The predicted octanol–water partition coefficient (Wildman–Crippen LogP) is 7.65. The van der Waals surface area contributed by atoms with Gasteiger partial charge in [-0.25, -0.2) is 0 Å². The van der Waals surface area contributed by atoms with Gasteiger partial charge < -0.3 is 19.3 Å². The highest BCUT2D eigenvalue weighted by molar-refractivity contribution is 6.30. The predicted molar refractivity (Wildman–Crippen MR) is 127 cm³/mol. The van der Waals surface area contributed by atoms with Crippen LogP contribution in [0.4, 0.5) is 0 Å². The molecular formula is C27H21ClO5. The van der Waals surface area contributed by atoms with Crippen LogP contribution in [0.2, 0.25) is 5.02 Å². The van der Waals surface area contributed by atoms with Gasteiger partial charge in [0.15, 0.2) is 11.5 Å². The van der Waals surface area contributed by atoms with E-state index in [4.69, 9.17) is 30.9 Å². The van der Waals surface area contributed by atoms with E-state index in [1.807, 2.05) is 49.4 Å². The zero-order chi connectivity index (χ0) is 23.2. The summed E-state index contributed by atoms with van der Waals surface area (Å²) in [6.07, 6.45) is -0.0693. The van der Waals surface area contributed by atoms with Gasteiger partial charge in [-0.05, 0) is 66.6 Å². The average Bonchev–Trinajstić information content (AvgIpc) is 2.76. The second kappa shape index (κ2) is 10.1. The zero-order valence-corrected chi connectivity index (χ0v) is 18.6. The van der Waals surface area contributed by atoms with E-state index in [-0.39, 0.29) is 6.42 Å². The van der Waals surface area contributed by atoms with Crippen LogP contribution in [0.3, 0.4) is 0 Å². The van der Waals surface area contributed by atoms with E-state index in [2.05, 4.69) is 0 Å². The molecule has 0 atom stereocenters. The molecule has 0 radical (unpaired) electrons. The smallest absolute Gasteiger partial charge is 0.307 e. The third-order valence-electron chi connectivity index (χ3n) is 4.62. The summed E-state index contributed by atoms with van der Waals surface area (Å²) in [5.41, 5.74) is 1.59. The van der Waals surface area contributed by atoms with Crippen molar-refractivity contribution < 1.29 is 24.1 Å². The molecule has 6 heteroatoms. The molecule has 5 nitrogen and oxygen atoms in total. The Morgan fingerprint density at radius 3 is 2.18 bits per heavy atom. The number of hydrogen-bond donors (Lipinski definition) is 1. The van der Waals surface area contributed by atoms with Crippen molar-refractivity contribution in [1.82, 2.24) is 0 Å². The molecule has 0 amide bonds. The number of rotatable bonds is 8. The highest BCUT2D eigenvalue weighted by Crippen LogP contribution is 2.38. The fourth-order valence-electron chi connectivity index (χ4n) is 3.25. The monoisotopic (exact) mass is 460 g/mol. The van der Waals surface area contributed by atoms with E-state index in [1.165, 1.54) is 0 Å². The van der Waals surface area contributed by atoms with Crippen molar-refractivity contribution in [2.45, 2.75) is 13.3 Å². The van der Waals surface area contributed by atoms with Crippen molar-refractivity contribution in [3.63, 3.8) is 0 Å². The number of hydrogen-bond acceptors (Lipinski definition) is 4. The average molecular weight is 461 g/mol. The molecule has 0 aliphatic rings. The third kappa shape index (κ3) is 6.28. The summed E-state index contributed by atoms with van der Waals surface area (Å²) in [6.45, 7) is 1.93. The van der Waals surface area contributed by atoms with Gasteiger partial charge in [0.1, 0.15) is 23.0 Å². The molecule has 4 rings (SSSR count). The van der Waals surface area contributed by atoms with Crippen molar-refractivity contribution in [1.29, 1.82) is 0 Å². The molecular weight excluding hydrogens is 440 g/mol. The van der Waals surface area contributed by atoms with Gasteiger partial charge in [0.2, 0.25) is 0 Å². The van der Waals surface area contributed by atoms with Crippen molar-refractivity contribution in [3.8, 4) is 34.5 Å². The van der Waals surface area contributed by atoms with Crippen LogP contribution in [-0.2, 0) is 11.2 Å². The van der Waals surface area contributed by atoms with Gasteiger partial charge in [0, 0.05) is 17.2 Å². The normalized spacial score (nSPS) is 10.5. The first-order chi connectivity index (χ1) is 15.9. The summed E-state index contributed by atoms with van der Waals surface area (Å²) >= 11 is 6.18. The van der Waals surface area contributed by atoms with E-state index >= 15 is 0 Å². The van der Waals surface area contributed by atoms with Gasteiger partial charge in [-0.2, -0.15) is 0 Å². The molecule has 0 aliphatic heterocycles. The van der Waals surface area contributed by atoms with Crippen LogP contribution >= 0.6 is 11.6 Å². The topological polar surface area (TPSA) is 65.0 Å². The minimum absolute atomic E-state index is 0.0693. The van der Waals surface area contributed by atoms with Crippen LogP contribution in [0.1, 0.15) is 11.1 Å². The Balaban J connectivity index is 1.57. The molecule has 0 aromatic heterocycles. The number of ether oxygens (including phenoxy) is 3. The minimum Gasteiger partial charge on any atom is -0.481 e. The first-order valence-electron chi connectivity index (χ1n) is 10.3. The maximum absolute atomic E-state index is 11.0. The Bertz CT molecular complexity index is 1270. The van der Waals surface area contributed by atoms with Gasteiger partial charge in [-0.15, -0.1) is 0 Å². The number of carboxylic acid groups (broad SMARTS) is 1. The van der Waals surface area contributed by atoms with Crippen molar-refractivity contribution in [2.75, 3.05) is 0 Å². The van der Waals surface area contributed by atoms with E-state index in [0.717, 1.165) is 5.56 Å². The van der Waals surface area contributed by atoms with Crippen LogP contribution in [0, 0.1) is 6.92 Å². The summed E-state index contributed by atoms with van der Waals surface area (Å²) in [6, 6.07) is 27.1. The lowest BCUT2D eigenvalue weighted by atomic mass is 10.1. The highest BCUT2D eigenvalue weighted by Gasteiger charge is 2.11. The van der Waals surface area contributed by atoms with E-state index < -0.39 is 5.97 Å². The maximum Gasteiger partial charge on any atom is 0.307 e. The number of aryl methyl sites for hydroxylation is 1. The van der Waals surface area contributed by atoms with Crippen molar-refractivity contribution in [2.24, 2.45) is 0 Å². The van der Waals surface area contributed by atoms with E-state index in [0.29, 0.717) is 45.1 Å².